The Morgan fingerprint density at radius 2 is 0.500 bits per heavy atom. The van der Waals surface area contributed by atoms with E-state index in [4.69, 9.17) is 28.2 Å². The molecule has 7 aromatic rings. The molecule has 0 saturated heterocycles. The summed E-state index contributed by atoms with van der Waals surface area (Å²) in [5.41, 5.74) is 18.1. The normalized spacial score (nSPS) is 14.8. The fraction of sp³-hybridized carbons (Fsp3) is 0.167. The van der Waals surface area contributed by atoms with Gasteiger partial charge in [0.2, 0.25) is 0 Å². The van der Waals surface area contributed by atoms with Gasteiger partial charge in [-0.2, -0.15) is 33.7 Å². The molecule has 28 heteroatoms. The number of aryl methyl sites for hydroxylation is 4. The van der Waals surface area contributed by atoms with Gasteiger partial charge < -0.3 is 50.0 Å². The minimum absolute atomic E-state index is 0.0666. The summed E-state index contributed by atoms with van der Waals surface area (Å²) >= 11 is 0. The summed E-state index contributed by atoms with van der Waals surface area (Å²) in [6, 6.07) is 32.3. The summed E-state index contributed by atoms with van der Waals surface area (Å²) in [6.07, 6.45) is 32.3. The van der Waals surface area contributed by atoms with Crippen molar-refractivity contribution in [1.82, 2.24) is 39.5 Å². The number of benzene rings is 4. The number of nitrogens with one attached hydrogen (secondary N) is 2. The van der Waals surface area contributed by atoms with Crippen LogP contribution in [0.15, 0.2) is 214 Å². The number of hydrogen-bond acceptors (Lipinski definition) is 18. The Kier molecular flexibility index (Phi) is 24.1. The van der Waals surface area contributed by atoms with Crippen molar-refractivity contribution >= 4 is 109 Å². The minimum Gasteiger partial charge on any atom is -0.376 e. The number of aromatic nitrogens is 4. The van der Waals surface area contributed by atoms with Gasteiger partial charge in [0.15, 0.2) is 0 Å². The summed E-state index contributed by atoms with van der Waals surface area (Å²) in [5.74, 6) is 0. The lowest BCUT2D eigenvalue weighted by Gasteiger charge is -2.20. The zero-order valence-corrected chi connectivity index (χ0v) is 57.9. The third-order valence-electron chi connectivity index (χ3n) is 16.0. The second-order valence-corrected chi connectivity index (χ2v) is 28.9. The number of hydrogen-bond donors (Lipinski definition) is 10. The van der Waals surface area contributed by atoms with E-state index in [1.54, 1.807) is 48.5 Å². The number of rotatable bonds is 12. The number of aromatic amines is 2. The van der Waals surface area contributed by atoms with Crippen LogP contribution in [0.25, 0.3) is 68.7 Å². The van der Waals surface area contributed by atoms with Crippen molar-refractivity contribution in [3.63, 3.8) is 0 Å². The molecule has 0 saturated carbocycles. The molecule has 0 aliphatic carbocycles. The Labute approximate surface area is 579 Å². The van der Waals surface area contributed by atoms with E-state index in [0.717, 1.165) is 112 Å². The lowest BCUT2D eigenvalue weighted by molar-refractivity contribution is 0.161. The quantitative estimate of drug-likeness (QED) is 0.0508. The lowest BCUT2D eigenvalue weighted by Crippen LogP contribution is -2.20. The van der Waals surface area contributed by atoms with Gasteiger partial charge >= 0.3 is 0 Å². The van der Waals surface area contributed by atoms with Crippen LogP contribution in [-0.4, -0.2) is 165 Å². The van der Waals surface area contributed by atoms with E-state index in [1.165, 1.54) is 48.5 Å². The Hall–Kier alpha value is -9.92. The maximum atomic E-state index is 10.5. The molecule has 3 aromatic heterocycles. The van der Waals surface area contributed by atoms with Gasteiger partial charge in [0.1, 0.15) is 26.9 Å². The fourth-order valence-electron chi connectivity index (χ4n) is 10.5. The minimum atomic E-state index is -4.02. The Morgan fingerprint density at radius 1 is 0.310 bits per heavy atom. The van der Waals surface area contributed by atoms with Crippen molar-refractivity contribution in [3.05, 3.63) is 262 Å². The van der Waals surface area contributed by atoms with E-state index < -0.39 is 40.5 Å². The van der Waals surface area contributed by atoms with Gasteiger partial charge in [0, 0.05) is 95.3 Å². The molecule has 8 bridgehead atoms. The van der Waals surface area contributed by atoms with E-state index in [9.17, 15) is 54.1 Å². The molecular weight excluding hydrogens is 1360 g/mol. The van der Waals surface area contributed by atoms with Gasteiger partial charge in [0.05, 0.1) is 42.4 Å². The molecule has 13 rings (SSSR count). The van der Waals surface area contributed by atoms with Gasteiger partial charge in [0.25, 0.3) is 40.5 Å². The summed E-state index contributed by atoms with van der Waals surface area (Å²) in [5, 5.41) is 39.4. The number of H-pyrrole nitrogens is 2. The zero-order chi connectivity index (χ0) is 72.1. The highest BCUT2D eigenvalue weighted by molar-refractivity contribution is 7.86. The van der Waals surface area contributed by atoms with Crippen molar-refractivity contribution in [2.45, 2.75) is 47.3 Å². The molecule has 24 nitrogen and oxygen atoms in total. The van der Waals surface area contributed by atoms with E-state index in [2.05, 4.69) is 82.8 Å². The number of aliphatic hydroxyl groups excluding tert-OH is 4. The second-order valence-electron chi connectivity index (χ2n) is 23.2. The van der Waals surface area contributed by atoms with Crippen LogP contribution in [0.1, 0.15) is 67.3 Å². The van der Waals surface area contributed by atoms with Crippen LogP contribution < -0.4 is 0 Å². The summed E-state index contributed by atoms with van der Waals surface area (Å²) < 4.78 is 118. The molecule has 4 aromatic carbocycles. The third kappa shape index (κ3) is 19.3. The molecule has 0 atom stereocenters. The average molecular weight is 1440 g/mol. The predicted octanol–water partition coefficient (Wildman–Crippen LogP) is 10.3. The van der Waals surface area contributed by atoms with Crippen molar-refractivity contribution in [3.8, 4) is 0 Å². The van der Waals surface area contributed by atoms with Gasteiger partial charge in [-0.15, -0.1) is 0 Å². The number of aliphatic hydroxyl groups is 4. The maximum absolute atomic E-state index is 10.5. The van der Waals surface area contributed by atoms with Crippen LogP contribution >= 0.6 is 0 Å². The van der Waals surface area contributed by atoms with Crippen LogP contribution in [0.5, 0.6) is 0 Å². The molecule has 6 aliphatic heterocycles. The van der Waals surface area contributed by atoms with Gasteiger partial charge in [-0.25, -0.2) is 9.97 Å². The van der Waals surface area contributed by atoms with Crippen molar-refractivity contribution in [1.29, 1.82) is 0 Å². The predicted molar refractivity (Wildman–Crippen MR) is 386 cm³/mol. The van der Waals surface area contributed by atoms with Crippen molar-refractivity contribution < 1.29 is 72.3 Å². The standard InChI is InChI=1S/C44H42N8O4.4C7H8O3S/c53-25-49-17-9-29(10-18-49)41-33-1-2-34(45-33)42(30-11-19-50(26-54)20-12-30)36-5-6-38(47-36)44(32-15-23-52(28-56)24-16-32)40-8-7-39(48-40)43(37-4-3-35(41)46-37)31-13-21-51(27-55)22-14-31;4*1-6-2-4-7(5-3-6)11(8,9)10/h1-17,19,21,23,45,48,53-56H,18,20,22,24-28H2;4*2-5H,1H3,(H,8,9,10). The Bertz CT molecular complexity index is 4530. The number of fused-ring (bicyclic) bond motifs is 8. The SMILES string of the molecule is Cc1ccc(S(=O)(=O)O)cc1.Cc1ccc(S(=O)(=O)O)cc1.Cc1ccc(S(=O)(=O)O)cc1.Cc1ccc(S(=O)(=O)O)cc1.OCN1C=CC(c2c3nc(c(C4=CCN(CO)C=C4)c4ccc([nH]4)c(C4=CCN(CO)C=C4)c4nc(c(C5=CCN(CO)C=C5)c5ccc2[nH]5)C=C4)C=C3)=CC1. The molecule has 0 spiro atoms. The first kappa shape index (κ1) is 74.3. The van der Waals surface area contributed by atoms with Crippen LogP contribution in [-0.2, 0) is 40.5 Å². The molecule has 10 N–H and O–H groups in total. The van der Waals surface area contributed by atoms with Crippen molar-refractivity contribution in [2.24, 2.45) is 0 Å². The zero-order valence-electron chi connectivity index (χ0n) is 54.6. The van der Waals surface area contributed by atoms with Crippen molar-refractivity contribution in [2.75, 3.05) is 53.1 Å². The highest BCUT2D eigenvalue weighted by Crippen LogP contribution is 2.37. The number of nitrogens with zero attached hydrogens (tertiary/aromatic N) is 6. The van der Waals surface area contributed by atoms with E-state index in [0.29, 0.717) is 26.2 Å². The van der Waals surface area contributed by atoms with Crippen LogP contribution in [0.4, 0.5) is 0 Å². The number of allylic oxidation sites excluding steroid dienone is 8. The molecule has 0 fully saturated rings. The van der Waals surface area contributed by atoms with Crippen LogP contribution in [0.2, 0.25) is 0 Å². The maximum Gasteiger partial charge on any atom is 0.294 e. The first-order valence-corrected chi connectivity index (χ1v) is 36.6. The molecular formula is C72H74N8O16S4. The van der Waals surface area contributed by atoms with Gasteiger partial charge in [-0.3, -0.25) is 18.2 Å². The highest BCUT2D eigenvalue weighted by Gasteiger charge is 2.23. The van der Waals surface area contributed by atoms with Gasteiger partial charge in [-0.05, 0) is 171 Å². The first-order chi connectivity index (χ1) is 47.5. The highest BCUT2D eigenvalue weighted by atomic mass is 32.2. The summed E-state index contributed by atoms with van der Waals surface area (Å²) in [4.78, 5) is 25.2. The van der Waals surface area contributed by atoms with Crippen LogP contribution in [0.3, 0.4) is 0 Å². The molecule has 6 aliphatic rings. The molecule has 522 valence electrons. The third-order valence-corrected chi connectivity index (χ3v) is 19.4. The second kappa shape index (κ2) is 32.4. The molecule has 100 heavy (non-hydrogen) atoms. The molecule has 9 heterocycles. The smallest absolute Gasteiger partial charge is 0.294 e. The van der Waals surface area contributed by atoms with Crippen LogP contribution in [0, 0.1) is 27.7 Å². The van der Waals surface area contributed by atoms with Gasteiger partial charge in [-0.1, -0.05) is 95.1 Å². The lowest BCUT2D eigenvalue weighted by atomic mass is 10.0. The average Bonchev–Trinajstić information content (AvgIpc) is 1.61. The molecule has 0 amide bonds. The first-order valence-electron chi connectivity index (χ1n) is 30.8. The fourth-order valence-corrected chi connectivity index (χ4v) is 12.5. The Morgan fingerprint density at radius 3 is 0.650 bits per heavy atom. The topological polar surface area (TPSA) is 369 Å². The molecule has 0 radical (unpaired) electrons. The Balaban J connectivity index is 0.000000210. The summed E-state index contributed by atoms with van der Waals surface area (Å²) in [6.45, 7) is 9.25. The largest absolute Gasteiger partial charge is 0.376 e. The summed E-state index contributed by atoms with van der Waals surface area (Å²) in [7, 11) is -16.1. The van der Waals surface area contributed by atoms with E-state index in [1.807, 2.05) is 96.4 Å². The monoisotopic (exact) mass is 1430 g/mol. The van der Waals surface area contributed by atoms with E-state index in [-0.39, 0.29) is 46.5 Å². The molecule has 0 unspecified atom stereocenters. The van der Waals surface area contributed by atoms with E-state index >= 15 is 0 Å².